The van der Waals surface area contributed by atoms with E-state index in [4.69, 9.17) is 5.11 Å². The summed E-state index contributed by atoms with van der Waals surface area (Å²) in [5, 5.41) is 19.0. The number of carboxylic acid groups (broad SMARTS) is 2. The van der Waals surface area contributed by atoms with E-state index >= 15 is 0 Å². The van der Waals surface area contributed by atoms with Gasteiger partial charge in [-0.1, -0.05) is 18.2 Å². The quantitative estimate of drug-likeness (QED) is 0.885. The zero-order valence-corrected chi connectivity index (χ0v) is 10.8. The second kappa shape index (κ2) is 4.76. The Hall–Kier alpha value is -2.30. The van der Waals surface area contributed by atoms with E-state index in [0.29, 0.717) is 5.56 Å². The molecule has 0 amide bonds. The van der Waals surface area contributed by atoms with E-state index in [9.17, 15) is 14.7 Å². The van der Waals surface area contributed by atoms with Crippen LogP contribution in [0.1, 0.15) is 28.0 Å². The van der Waals surface area contributed by atoms with E-state index in [2.05, 4.69) is 0 Å². The lowest BCUT2D eigenvalue weighted by Crippen LogP contribution is -2.12. The number of aromatic carboxylic acids is 1. The van der Waals surface area contributed by atoms with Crippen molar-refractivity contribution in [1.82, 2.24) is 4.57 Å². The molecule has 5 nitrogen and oxygen atoms in total. The molecule has 1 aromatic carbocycles. The lowest BCUT2D eigenvalue weighted by Gasteiger charge is -2.08. The molecule has 19 heavy (non-hydrogen) atoms. The van der Waals surface area contributed by atoms with Crippen LogP contribution in [-0.2, 0) is 11.3 Å². The van der Waals surface area contributed by atoms with Gasteiger partial charge in [-0.3, -0.25) is 4.79 Å². The maximum absolute atomic E-state index is 11.4. The Kier molecular flexibility index (Phi) is 3.29. The van der Waals surface area contributed by atoms with Gasteiger partial charge >= 0.3 is 11.9 Å². The minimum absolute atomic E-state index is 0.0994. The molecule has 0 radical (unpaired) electrons. The number of hydrogen-bond acceptors (Lipinski definition) is 2. The summed E-state index contributed by atoms with van der Waals surface area (Å²) in [7, 11) is 0. The minimum Gasteiger partial charge on any atom is -0.481 e. The molecule has 2 aromatic rings. The molecule has 0 aliphatic rings. The minimum atomic E-state index is -1.03. The van der Waals surface area contributed by atoms with Crippen LogP contribution in [0.4, 0.5) is 0 Å². The third-order valence-electron chi connectivity index (χ3n) is 3.29. The molecule has 0 fully saturated rings. The molecule has 5 heteroatoms. The SMILES string of the molecule is Cc1c(C(=O)O)n(CCC(=O)O)c2c(C)cccc12. The van der Waals surface area contributed by atoms with Gasteiger partial charge in [-0.2, -0.15) is 0 Å². The largest absolute Gasteiger partial charge is 0.481 e. The molecule has 1 aromatic heterocycles. The first-order chi connectivity index (χ1) is 8.93. The van der Waals surface area contributed by atoms with Crippen LogP contribution in [0.3, 0.4) is 0 Å². The number of fused-ring (bicyclic) bond motifs is 1. The maximum Gasteiger partial charge on any atom is 0.352 e. The number of para-hydroxylation sites is 1. The van der Waals surface area contributed by atoms with E-state index in [1.807, 2.05) is 25.1 Å². The monoisotopic (exact) mass is 261 g/mol. The van der Waals surface area contributed by atoms with E-state index < -0.39 is 11.9 Å². The number of nitrogens with zero attached hydrogens (tertiary/aromatic N) is 1. The molecule has 0 saturated carbocycles. The molecular formula is C14H15NO4. The predicted octanol–water partition coefficient (Wildman–Crippen LogP) is 2.43. The average molecular weight is 261 g/mol. The van der Waals surface area contributed by atoms with Gasteiger partial charge in [-0.05, 0) is 25.0 Å². The Bertz CT molecular complexity index is 670. The van der Waals surface area contributed by atoms with Crippen molar-refractivity contribution in [2.75, 3.05) is 0 Å². The molecule has 0 bridgehead atoms. The highest BCUT2D eigenvalue weighted by atomic mass is 16.4. The van der Waals surface area contributed by atoms with Crippen molar-refractivity contribution in [3.05, 3.63) is 35.0 Å². The van der Waals surface area contributed by atoms with Crippen LogP contribution < -0.4 is 0 Å². The molecule has 1 heterocycles. The molecule has 0 aliphatic heterocycles. The topological polar surface area (TPSA) is 79.5 Å². The summed E-state index contributed by atoms with van der Waals surface area (Å²) in [6, 6.07) is 5.63. The Balaban J connectivity index is 2.72. The zero-order valence-electron chi connectivity index (χ0n) is 10.8. The number of benzene rings is 1. The Labute approximate surface area is 110 Å². The van der Waals surface area contributed by atoms with Crippen molar-refractivity contribution < 1.29 is 19.8 Å². The maximum atomic E-state index is 11.4. The fourth-order valence-corrected chi connectivity index (χ4v) is 2.47. The Morgan fingerprint density at radius 1 is 1.21 bits per heavy atom. The smallest absolute Gasteiger partial charge is 0.352 e. The van der Waals surface area contributed by atoms with Crippen molar-refractivity contribution in [3.8, 4) is 0 Å². The van der Waals surface area contributed by atoms with Gasteiger partial charge in [-0.15, -0.1) is 0 Å². The molecule has 0 atom stereocenters. The van der Waals surface area contributed by atoms with E-state index in [-0.39, 0.29) is 18.7 Å². The lowest BCUT2D eigenvalue weighted by atomic mass is 10.1. The number of carbonyl (C=O) groups is 2. The third-order valence-corrected chi connectivity index (χ3v) is 3.29. The van der Waals surface area contributed by atoms with Crippen LogP contribution in [0, 0.1) is 13.8 Å². The first-order valence-electron chi connectivity index (χ1n) is 5.97. The van der Waals surface area contributed by atoms with Crippen LogP contribution in [-0.4, -0.2) is 26.7 Å². The van der Waals surface area contributed by atoms with Gasteiger partial charge in [0.05, 0.1) is 11.9 Å². The molecular weight excluding hydrogens is 246 g/mol. The molecule has 0 saturated heterocycles. The molecule has 2 N–H and O–H groups in total. The number of aromatic nitrogens is 1. The fourth-order valence-electron chi connectivity index (χ4n) is 2.47. The summed E-state index contributed by atoms with van der Waals surface area (Å²) in [5.41, 5.74) is 2.60. The number of carboxylic acids is 2. The van der Waals surface area contributed by atoms with Crippen LogP contribution >= 0.6 is 0 Å². The summed E-state index contributed by atoms with van der Waals surface area (Å²) in [5.74, 6) is -1.97. The van der Waals surface area contributed by atoms with Crippen molar-refractivity contribution in [1.29, 1.82) is 0 Å². The van der Waals surface area contributed by atoms with Crippen LogP contribution in [0.2, 0.25) is 0 Å². The highest BCUT2D eigenvalue weighted by molar-refractivity contribution is 5.99. The van der Waals surface area contributed by atoms with Crippen LogP contribution in [0.15, 0.2) is 18.2 Å². The van der Waals surface area contributed by atoms with Crippen molar-refractivity contribution in [2.45, 2.75) is 26.8 Å². The van der Waals surface area contributed by atoms with E-state index in [1.165, 1.54) is 0 Å². The first-order valence-corrected chi connectivity index (χ1v) is 5.97. The van der Waals surface area contributed by atoms with Gasteiger partial charge in [0.2, 0.25) is 0 Å². The normalized spacial score (nSPS) is 10.8. The second-order valence-corrected chi connectivity index (χ2v) is 4.55. The Morgan fingerprint density at radius 2 is 1.89 bits per heavy atom. The van der Waals surface area contributed by atoms with Crippen molar-refractivity contribution in [2.24, 2.45) is 0 Å². The molecule has 0 unspecified atom stereocenters. The Morgan fingerprint density at radius 3 is 2.47 bits per heavy atom. The number of aryl methyl sites for hydroxylation is 3. The summed E-state index contributed by atoms with van der Waals surface area (Å²) in [4.78, 5) is 22.1. The van der Waals surface area contributed by atoms with Gasteiger partial charge in [0.1, 0.15) is 5.69 Å². The summed E-state index contributed by atoms with van der Waals surface area (Å²) >= 11 is 0. The van der Waals surface area contributed by atoms with Gasteiger partial charge in [0.15, 0.2) is 0 Å². The first kappa shape index (κ1) is 13.1. The fraction of sp³-hybridized carbons (Fsp3) is 0.286. The van der Waals surface area contributed by atoms with Gasteiger partial charge < -0.3 is 14.8 Å². The van der Waals surface area contributed by atoms with Crippen molar-refractivity contribution >= 4 is 22.8 Å². The third kappa shape index (κ3) is 2.19. The number of rotatable bonds is 4. The highest BCUT2D eigenvalue weighted by Gasteiger charge is 2.20. The number of hydrogen-bond donors (Lipinski definition) is 2. The zero-order chi connectivity index (χ0) is 14.2. The van der Waals surface area contributed by atoms with Gasteiger partial charge in [0, 0.05) is 11.9 Å². The second-order valence-electron chi connectivity index (χ2n) is 4.55. The summed E-state index contributed by atoms with van der Waals surface area (Å²) < 4.78 is 1.59. The predicted molar refractivity (Wildman–Crippen MR) is 70.6 cm³/mol. The average Bonchev–Trinajstić information content (AvgIpc) is 2.61. The standard InChI is InChI=1S/C14H15NO4/c1-8-4-3-5-10-9(2)13(14(18)19)15(12(8)10)7-6-11(16)17/h3-5H,6-7H2,1-2H3,(H,16,17)(H,18,19). The molecule has 100 valence electrons. The van der Waals surface area contributed by atoms with Gasteiger partial charge in [-0.25, -0.2) is 4.79 Å². The molecule has 0 spiro atoms. The van der Waals surface area contributed by atoms with Crippen molar-refractivity contribution in [3.63, 3.8) is 0 Å². The van der Waals surface area contributed by atoms with Crippen LogP contribution in [0.5, 0.6) is 0 Å². The van der Waals surface area contributed by atoms with E-state index in [0.717, 1.165) is 16.5 Å². The van der Waals surface area contributed by atoms with E-state index in [1.54, 1.807) is 11.5 Å². The highest BCUT2D eigenvalue weighted by Crippen LogP contribution is 2.28. The van der Waals surface area contributed by atoms with Gasteiger partial charge in [0.25, 0.3) is 0 Å². The lowest BCUT2D eigenvalue weighted by molar-refractivity contribution is -0.137. The van der Waals surface area contributed by atoms with Crippen LogP contribution in [0.25, 0.3) is 10.9 Å². The summed E-state index contributed by atoms with van der Waals surface area (Å²) in [6.45, 7) is 3.80. The molecule has 2 rings (SSSR count). The number of aliphatic carboxylic acids is 1. The summed E-state index contributed by atoms with van der Waals surface area (Å²) in [6.07, 6.45) is -0.0994. The molecule has 0 aliphatic carbocycles.